The van der Waals surface area contributed by atoms with E-state index < -0.39 is 67.4 Å². The number of ether oxygens (including phenoxy) is 4. The summed E-state index contributed by atoms with van der Waals surface area (Å²) in [4.78, 5) is 58.3. The minimum Gasteiger partial charge on any atom is -0.481 e. The summed E-state index contributed by atoms with van der Waals surface area (Å²) in [6, 6.07) is 0. The summed E-state index contributed by atoms with van der Waals surface area (Å²) in [7, 11) is 0. The van der Waals surface area contributed by atoms with Crippen molar-refractivity contribution in [2.75, 3.05) is 6.61 Å². The molecule has 0 amide bonds. The molecule has 4 atom stereocenters. The highest BCUT2D eigenvalue weighted by molar-refractivity contribution is 5.87. The quantitative estimate of drug-likeness (QED) is 0.368. The normalized spacial score (nSPS) is 24.8. The lowest BCUT2D eigenvalue weighted by Gasteiger charge is -2.30. The van der Waals surface area contributed by atoms with Gasteiger partial charge in [0.2, 0.25) is 0 Å². The highest BCUT2D eigenvalue weighted by Gasteiger charge is 2.51. The molecule has 2 rings (SSSR count). The number of carboxylic acids is 2. The Morgan fingerprint density at radius 2 is 1.71 bits per heavy atom. The third kappa shape index (κ3) is 6.81. The molecule has 0 aromatic heterocycles. The van der Waals surface area contributed by atoms with E-state index in [-0.39, 0.29) is 18.4 Å². The number of nitrogens with zero attached hydrogens (tertiary/aromatic N) is 1. The van der Waals surface area contributed by atoms with Crippen molar-refractivity contribution >= 4 is 29.8 Å². The zero-order valence-corrected chi connectivity index (χ0v) is 16.9. The number of hydrogen-bond acceptors (Lipinski definition) is 10. The fraction of sp³-hybridized carbons (Fsp3) is 0.526. The zero-order valence-electron chi connectivity index (χ0n) is 16.9. The molecule has 1 saturated heterocycles. The topological polar surface area (TPSA) is 166 Å². The molecule has 2 aliphatic rings. The molecule has 0 saturated carbocycles. The van der Waals surface area contributed by atoms with Crippen LogP contribution < -0.4 is 0 Å². The van der Waals surface area contributed by atoms with Gasteiger partial charge in [0.25, 0.3) is 0 Å². The third-order valence-electron chi connectivity index (χ3n) is 4.33. The summed E-state index contributed by atoms with van der Waals surface area (Å²) in [5.74, 6) is -4.51. The van der Waals surface area contributed by atoms with Crippen LogP contribution in [0, 0.1) is 0 Å². The summed E-state index contributed by atoms with van der Waals surface area (Å²) in [6.07, 6.45) is -0.643. The fourth-order valence-electron chi connectivity index (χ4n) is 3.07. The van der Waals surface area contributed by atoms with Crippen LogP contribution in [-0.4, -0.2) is 76.1 Å². The summed E-state index contributed by atoms with van der Waals surface area (Å²) in [5.41, 5.74) is 0.0558. The van der Waals surface area contributed by atoms with Gasteiger partial charge in [-0.25, -0.2) is 4.79 Å². The van der Waals surface area contributed by atoms with Crippen LogP contribution in [-0.2, 0) is 42.9 Å². The zero-order chi connectivity index (χ0) is 23.1. The van der Waals surface area contributed by atoms with E-state index >= 15 is 0 Å². The van der Waals surface area contributed by atoms with Gasteiger partial charge in [0.05, 0.1) is 18.4 Å². The highest BCUT2D eigenvalue weighted by atomic mass is 16.7. The van der Waals surface area contributed by atoms with Crippen LogP contribution in [0.5, 0.6) is 0 Å². The number of rotatable bonds is 9. The van der Waals surface area contributed by atoms with E-state index in [0.717, 1.165) is 13.8 Å². The minimum absolute atomic E-state index is 0.0558. The van der Waals surface area contributed by atoms with E-state index in [0.29, 0.717) is 0 Å². The van der Waals surface area contributed by atoms with Crippen molar-refractivity contribution in [3.05, 3.63) is 24.0 Å². The molecule has 0 aliphatic carbocycles. The smallest absolute Gasteiger partial charge is 0.333 e. The number of carbonyl (C=O) groups excluding carboxylic acids is 3. The largest absolute Gasteiger partial charge is 0.481 e. The van der Waals surface area contributed by atoms with Crippen LogP contribution >= 0.6 is 0 Å². The van der Waals surface area contributed by atoms with Gasteiger partial charge < -0.3 is 34.1 Å². The number of hydrogen-bond donors (Lipinski definition) is 2. The Morgan fingerprint density at radius 3 is 2.29 bits per heavy atom. The average molecular weight is 441 g/mol. The lowest BCUT2D eigenvalue weighted by Crippen LogP contribution is -2.44. The van der Waals surface area contributed by atoms with Gasteiger partial charge in [0, 0.05) is 32.7 Å². The van der Waals surface area contributed by atoms with Gasteiger partial charge in [-0.3, -0.25) is 19.2 Å². The monoisotopic (exact) mass is 441 g/mol. The minimum atomic E-state index is -1.17. The van der Waals surface area contributed by atoms with E-state index in [2.05, 4.69) is 0 Å². The Kier molecular flexibility index (Phi) is 8.14. The van der Waals surface area contributed by atoms with Gasteiger partial charge in [-0.05, 0) is 0 Å². The lowest BCUT2D eigenvalue weighted by molar-refractivity contribution is -0.167. The Bertz CT molecular complexity index is 803. The number of carbonyl (C=O) groups is 5. The van der Waals surface area contributed by atoms with E-state index in [1.807, 2.05) is 0 Å². The molecule has 170 valence electrons. The number of carboxylic acid groups (broad SMARTS) is 2. The van der Waals surface area contributed by atoms with Gasteiger partial charge in [-0.15, -0.1) is 0 Å². The van der Waals surface area contributed by atoms with E-state index in [4.69, 9.17) is 24.1 Å². The molecule has 0 unspecified atom stereocenters. The highest BCUT2D eigenvalue weighted by Crippen LogP contribution is 2.32. The Morgan fingerprint density at radius 1 is 1.06 bits per heavy atom. The van der Waals surface area contributed by atoms with Gasteiger partial charge >= 0.3 is 29.8 Å². The SMILES string of the molecule is CC(=O)O[C@@H]1[C@H](OC(C)=O)[C@@H](COC(=O)CCC(=O)O)O[C@H]1N1C=CCC(C(=O)O)=C1. The van der Waals surface area contributed by atoms with Crippen LogP contribution in [0.2, 0.25) is 0 Å². The van der Waals surface area contributed by atoms with Crippen molar-refractivity contribution in [2.24, 2.45) is 0 Å². The van der Waals surface area contributed by atoms with E-state index in [1.165, 1.54) is 17.3 Å². The van der Waals surface area contributed by atoms with Crippen LogP contribution in [0.15, 0.2) is 24.0 Å². The second kappa shape index (κ2) is 10.6. The summed E-state index contributed by atoms with van der Waals surface area (Å²) < 4.78 is 21.4. The van der Waals surface area contributed by atoms with Gasteiger partial charge in [-0.2, -0.15) is 0 Å². The van der Waals surface area contributed by atoms with Crippen molar-refractivity contribution in [2.45, 2.75) is 57.6 Å². The van der Waals surface area contributed by atoms with Crippen molar-refractivity contribution < 1.29 is 53.1 Å². The molecule has 0 radical (unpaired) electrons. The van der Waals surface area contributed by atoms with Crippen LogP contribution in [0.25, 0.3) is 0 Å². The van der Waals surface area contributed by atoms with Crippen LogP contribution in [0.3, 0.4) is 0 Å². The fourth-order valence-corrected chi connectivity index (χ4v) is 3.07. The third-order valence-corrected chi connectivity index (χ3v) is 4.33. The molecule has 0 bridgehead atoms. The van der Waals surface area contributed by atoms with E-state index in [9.17, 15) is 29.1 Å². The average Bonchev–Trinajstić information content (AvgIpc) is 3.01. The molecule has 2 heterocycles. The maximum absolute atomic E-state index is 11.8. The number of esters is 3. The molecule has 12 heteroatoms. The predicted molar refractivity (Wildman–Crippen MR) is 98.9 cm³/mol. The van der Waals surface area contributed by atoms with Gasteiger partial charge in [0.1, 0.15) is 12.7 Å². The van der Waals surface area contributed by atoms with Crippen molar-refractivity contribution in [3.8, 4) is 0 Å². The Labute approximate surface area is 177 Å². The summed E-state index contributed by atoms with van der Waals surface area (Å²) in [5, 5.41) is 17.9. The molecule has 2 aliphatic heterocycles. The molecule has 0 aromatic rings. The number of aliphatic carboxylic acids is 2. The maximum Gasteiger partial charge on any atom is 0.333 e. The van der Waals surface area contributed by atoms with Crippen molar-refractivity contribution in [3.63, 3.8) is 0 Å². The molecule has 1 fully saturated rings. The van der Waals surface area contributed by atoms with Crippen LogP contribution in [0.1, 0.15) is 33.1 Å². The first kappa shape index (κ1) is 23.9. The first-order valence-electron chi connectivity index (χ1n) is 9.34. The standard InChI is InChI=1S/C19H23NO11/c1-10(21)29-16-13(9-28-15(25)6-5-14(23)24)31-18(17(16)30-11(2)22)20-7-3-4-12(8-20)19(26)27/h3,7-8,13,16-18H,4-6,9H2,1-2H3,(H,23,24)(H,26,27)/t13-,16-,17-,18-/m1/s1. The van der Waals surface area contributed by atoms with Gasteiger partial charge in [0.15, 0.2) is 18.4 Å². The molecule has 2 N–H and O–H groups in total. The molecule has 0 aromatic carbocycles. The molecule has 12 nitrogen and oxygen atoms in total. The summed E-state index contributed by atoms with van der Waals surface area (Å²) in [6.45, 7) is 1.88. The Hall–Kier alpha value is -3.41. The second-order valence-electron chi connectivity index (χ2n) is 6.79. The second-order valence-corrected chi connectivity index (χ2v) is 6.79. The van der Waals surface area contributed by atoms with Crippen molar-refractivity contribution in [1.82, 2.24) is 4.90 Å². The van der Waals surface area contributed by atoms with Crippen molar-refractivity contribution in [1.29, 1.82) is 0 Å². The molecular weight excluding hydrogens is 418 g/mol. The molecule has 0 spiro atoms. The number of allylic oxidation sites excluding steroid dienone is 1. The Balaban J connectivity index is 2.23. The maximum atomic E-state index is 11.8. The molecule has 31 heavy (non-hydrogen) atoms. The van der Waals surface area contributed by atoms with Crippen LogP contribution in [0.4, 0.5) is 0 Å². The van der Waals surface area contributed by atoms with Gasteiger partial charge in [-0.1, -0.05) is 6.08 Å². The molecular formula is C19H23NO11. The summed E-state index contributed by atoms with van der Waals surface area (Å²) >= 11 is 0. The lowest BCUT2D eigenvalue weighted by atomic mass is 10.1. The van der Waals surface area contributed by atoms with E-state index in [1.54, 1.807) is 6.08 Å². The first-order chi connectivity index (χ1) is 14.6. The predicted octanol–water partition coefficient (Wildman–Crippen LogP) is 0.171. The first-order valence-corrected chi connectivity index (χ1v) is 9.34.